The fourth-order valence-corrected chi connectivity index (χ4v) is 2.50. The lowest BCUT2D eigenvalue weighted by atomic mass is 9.93. The first-order chi connectivity index (χ1) is 8.65. The molecule has 0 aliphatic heterocycles. The third-order valence-electron chi connectivity index (χ3n) is 3.82. The van der Waals surface area contributed by atoms with Crippen molar-refractivity contribution in [2.45, 2.75) is 32.6 Å². The quantitative estimate of drug-likeness (QED) is 0.813. The molecule has 0 amide bonds. The van der Waals surface area contributed by atoms with Crippen LogP contribution < -0.4 is 0 Å². The molecule has 0 atom stereocenters. The standard InChI is InChI=1S/C17H18O/c1-11-3-5-14(13-6-7-13)9-16(11)17-10-15(18)8-4-12(17)2/h3-5,8-10,13,18H,6-7H2,1-2H3. The maximum Gasteiger partial charge on any atom is 0.116 e. The summed E-state index contributed by atoms with van der Waals surface area (Å²) in [5.41, 5.74) is 6.33. The molecule has 0 bridgehead atoms. The molecule has 1 nitrogen and oxygen atoms in total. The maximum atomic E-state index is 9.68. The molecule has 2 aromatic carbocycles. The molecule has 1 aliphatic carbocycles. The zero-order valence-electron chi connectivity index (χ0n) is 10.9. The van der Waals surface area contributed by atoms with E-state index in [-0.39, 0.29) is 0 Å². The number of hydrogen-bond donors (Lipinski definition) is 1. The molecule has 0 spiro atoms. The van der Waals surface area contributed by atoms with Crippen LogP contribution >= 0.6 is 0 Å². The lowest BCUT2D eigenvalue weighted by molar-refractivity contribution is 0.475. The lowest BCUT2D eigenvalue weighted by Gasteiger charge is -2.12. The Kier molecular flexibility index (Phi) is 2.62. The van der Waals surface area contributed by atoms with E-state index in [1.165, 1.54) is 35.1 Å². The van der Waals surface area contributed by atoms with Crippen molar-refractivity contribution in [2.24, 2.45) is 0 Å². The predicted molar refractivity (Wildman–Crippen MR) is 75.0 cm³/mol. The van der Waals surface area contributed by atoms with Crippen LogP contribution in [0.3, 0.4) is 0 Å². The summed E-state index contributed by atoms with van der Waals surface area (Å²) in [4.78, 5) is 0. The van der Waals surface area contributed by atoms with Crippen molar-refractivity contribution >= 4 is 0 Å². The highest BCUT2D eigenvalue weighted by atomic mass is 16.3. The third-order valence-corrected chi connectivity index (χ3v) is 3.82. The first-order valence-corrected chi connectivity index (χ1v) is 6.55. The Labute approximate surface area is 108 Å². The van der Waals surface area contributed by atoms with Gasteiger partial charge in [-0.2, -0.15) is 0 Å². The van der Waals surface area contributed by atoms with E-state index >= 15 is 0 Å². The van der Waals surface area contributed by atoms with Crippen molar-refractivity contribution in [1.82, 2.24) is 0 Å². The highest BCUT2D eigenvalue weighted by Gasteiger charge is 2.24. The van der Waals surface area contributed by atoms with Gasteiger partial charge in [-0.25, -0.2) is 0 Å². The van der Waals surface area contributed by atoms with E-state index in [1.807, 2.05) is 12.1 Å². The minimum atomic E-state index is 0.340. The average Bonchev–Trinajstić information content (AvgIpc) is 3.17. The van der Waals surface area contributed by atoms with E-state index < -0.39 is 0 Å². The summed E-state index contributed by atoms with van der Waals surface area (Å²) in [5.74, 6) is 1.11. The number of rotatable bonds is 2. The number of phenolic OH excluding ortho intramolecular Hbond substituents is 1. The van der Waals surface area contributed by atoms with Gasteiger partial charge in [-0.05, 0) is 72.6 Å². The monoisotopic (exact) mass is 238 g/mol. The van der Waals surface area contributed by atoms with Gasteiger partial charge in [-0.3, -0.25) is 0 Å². The molecule has 0 saturated heterocycles. The van der Waals surface area contributed by atoms with Crippen molar-refractivity contribution in [2.75, 3.05) is 0 Å². The van der Waals surface area contributed by atoms with Crippen molar-refractivity contribution in [3.05, 3.63) is 53.1 Å². The van der Waals surface area contributed by atoms with Crippen LogP contribution in [0.2, 0.25) is 0 Å². The third kappa shape index (κ3) is 2.01. The molecule has 0 unspecified atom stereocenters. The molecule has 0 heterocycles. The molecule has 92 valence electrons. The molecule has 1 aliphatic rings. The Morgan fingerprint density at radius 1 is 0.889 bits per heavy atom. The van der Waals surface area contributed by atoms with Gasteiger partial charge in [0, 0.05) is 0 Å². The summed E-state index contributed by atoms with van der Waals surface area (Å²) >= 11 is 0. The number of hydrogen-bond acceptors (Lipinski definition) is 1. The summed E-state index contributed by atoms with van der Waals surface area (Å²) in [6.45, 7) is 4.23. The Hall–Kier alpha value is -1.76. The minimum absolute atomic E-state index is 0.340. The van der Waals surface area contributed by atoms with Gasteiger partial charge in [0.2, 0.25) is 0 Å². The van der Waals surface area contributed by atoms with Crippen LogP contribution in [-0.2, 0) is 0 Å². The molecular weight excluding hydrogens is 220 g/mol. The van der Waals surface area contributed by atoms with Gasteiger partial charge < -0.3 is 5.11 Å². The molecule has 1 saturated carbocycles. The summed E-state index contributed by atoms with van der Waals surface area (Å²) in [5, 5.41) is 9.68. The van der Waals surface area contributed by atoms with Crippen molar-refractivity contribution in [3.8, 4) is 16.9 Å². The van der Waals surface area contributed by atoms with E-state index in [4.69, 9.17) is 0 Å². The number of aromatic hydroxyl groups is 1. The topological polar surface area (TPSA) is 20.2 Å². The van der Waals surface area contributed by atoms with Crippen LogP contribution in [0.5, 0.6) is 5.75 Å². The van der Waals surface area contributed by atoms with Gasteiger partial charge in [-0.1, -0.05) is 24.3 Å². The molecule has 1 heteroatoms. The van der Waals surface area contributed by atoms with Crippen molar-refractivity contribution in [1.29, 1.82) is 0 Å². The van der Waals surface area contributed by atoms with Gasteiger partial charge in [0.05, 0.1) is 0 Å². The summed E-state index contributed by atoms with van der Waals surface area (Å²) in [6, 6.07) is 12.3. The largest absolute Gasteiger partial charge is 0.508 e. The van der Waals surface area contributed by atoms with Crippen LogP contribution in [0.15, 0.2) is 36.4 Å². The van der Waals surface area contributed by atoms with Crippen LogP contribution in [0, 0.1) is 13.8 Å². The Morgan fingerprint density at radius 3 is 2.17 bits per heavy atom. The lowest BCUT2D eigenvalue weighted by Crippen LogP contribution is -1.89. The maximum absolute atomic E-state index is 9.68. The van der Waals surface area contributed by atoms with Crippen LogP contribution in [0.25, 0.3) is 11.1 Å². The van der Waals surface area contributed by atoms with Crippen LogP contribution in [-0.4, -0.2) is 5.11 Å². The second-order valence-corrected chi connectivity index (χ2v) is 5.35. The zero-order valence-corrected chi connectivity index (χ0v) is 10.9. The summed E-state index contributed by atoms with van der Waals surface area (Å²) < 4.78 is 0. The average molecular weight is 238 g/mol. The molecule has 1 N–H and O–H groups in total. The Morgan fingerprint density at radius 2 is 1.50 bits per heavy atom. The van der Waals surface area contributed by atoms with E-state index in [2.05, 4.69) is 32.0 Å². The molecule has 2 aromatic rings. The molecule has 0 aromatic heterocycles. The van der Waals surface area contributed by atoms with Gasteiger partial charge in [0.1, 0.15) is 5.75 Å². The van der Waals surface area contributed by atoms with E-state index in [0.717, 1.165) is 11.5 Å². The highest BCUT2D eigenvalue weighted by Crippen LogP contribution is 2.42. The van der Waals surface area contributed by atoms with Crippen molar-refractivity contribution in [3.63, 3.8) is 0 Å². The molecular formula is C17H18O. The van der Waals surface area contributed by atoms with E-state index in [1.54, 1.807) is 6.07 Å². The van der Waals surface area contributed by atoms with Gasteiger partial charge in [-0.15, -0.1) is 0 Å². The molecule has 0 radical (unpaired) electrons. The normalized spacial score (nSPS) is 14.8. The molecule has 1 fully saturated rings. The summed E-state index contributed by atoms with van der Waals surface area (Å²) in [6.07, 6.45) is 2.64. The zero-order chi connectivity index (χ0) is 12.7. The highest BCUT2D eigenvalue weighted by molar-refractivity contribution is 5.72. The van der Waals surface area contributed by atoms with Gasteiger partial charge in [0.15, 0.2) is 0 Å². The van der Waals surface area contributed by atoms with Crippen LogP contribution in [0.1, 0.15) is 35.4 Å². The van der Waals surface area contributed by atoms with Crippen molar-refractivity contribution < 1.29 is 5.11 Å². The fourth-order valence-electron chi connectivity index (χ4n) is 2.50. The van der Waals surface area contributed by atoms with Gasteiger partial charge >= 0.3 is 0 Å². The van der Waals surface area contributed by atoms with E-state index in [0.29, 0.717) is 5.75 Å². The first-order valence-electron chi connectivity index (χ1n) is 6.55. The first kappa shape index (κ1) is 11.3. The molecule has 18 heavy (non-hydrogen) atoms. The number of phenols is 1. The van der Waals surface area contributed by atoms with Gasteiger partial charge in [0.25, 0.3) is 0 Å². The Balaban J connectivity index is 2.14. The molecule has 3 rings (SSSR count). The smallest absolute Gasteiger partial charge is 0.116 e. The number of benzene rings is 2. The fraction of sp³-hybridized carbons (Fsp3) is 0.294. The second kappa shape index (κ2) is 4.16. The minimum Gasteiger partial charge on any atom is -0.508 e. The predicted octanol–water partition coefficient (Wildman–Crippen LogP) is 4.55. The summed E-state index contributed by atoms with van der Waals surface area (Å²) in [7, 11) is 0. The van der Waals surface area contributed by atoms with Crippen LogP contribution in [0.4, 0.5) is 0 Å². The SMILES string of the molecule is Cc1ccc(O)cc1-c1cc(C2CC2)ccc1C. The second-order valence-electron chi connectivity index (χ2n) is 5.35. The Bertz CT molecular complexity index is 595. The number of aryl methyl sites for hydroxylation is 2. The van der Waals surface area contributed by atoms with E-state index in [9.17, 15) is 5.11 Å².